The topological polar surface area (TPSA) is 67.3 Å². The molecule has 5 nitrogen and oxygen atoms in total. The molecule has 158 valence electrons. The van der Waals surface area contributed by atoms with E-state index in [4.69, 9.17) is 0 Å². The van der Waals surface area contributed by atoms with E-state index in [1.165, 1.54) is 23.3 Å². The molecular formula is C22H30N2O3S2. The second-order valence-electron chi connectivity index (χ2n) is 8.25. The fourth-order valence-corrected chi connectivity index (χ4v) is 5.97. The zero-order valence-corrected chi connectivity index (χ0v) is 19.1. The van der Waals surface area contributed by atoms with E-state index in [0.717, 1.165) is 36.3 Å². The van der Waals surface area contributed by atoms with Crippen LogP contribution in [0.2, 0.25) is 0 Å². The van der Waals surface area contributed by atoms with Crippen molar-refractivity contribution in [3.05, 3.63) is 40.9 Å². The number of amides is 1. The maximum Gasteiger partial charge on any atom is 0.237 e. The Hall–Kier alpha value is -1.73. The number of nitrogens with zero attached hydrogens (tertiary/aromatic N) is 2. The number of sulfone groups is 1. The molecule has 0 unspecified atom stereocenters. The van der Waals surface area contributed by atoms with Crippen molar-refractivity contribution in [3.63, 3.8) is 0 Å². The van der Waals surface area contributed by atoms with Gasteiger partial charge < -0.3 is 4.90 Å². The van der Waals surface area contributed by atoms with Gasteiger partial charge in [0.2, 0.25) is 5.91 Å². The summed E-state index contributed by atoms with van der Waals surface area (Å²) < 4.78 is 25.2. The summed E-state index contributed by atoms with van der Waals surface area (Å²) >= 11 is 1.43. The third-order valence-electron chi connectivity index (χ3n) is 5.60. The molecule has 1 aliphatic carbocycles. The molecule has 1 aromatic heterocycles. The first-order valence-electron chi connectivity index (χ1n) is 10.3. The summed E-state index contributed by atoms with van der Waals surface area (Å²) in [6.07, 6.45) is 5.34. The van der Waals surface area contributed by atoms with Crippen LogP contribution in [-0.4, -0.2) is 43.1 Å². The largest absolute Gasteiger partial charge is 0.342 e. The van der Waals surface area contributed by atoms with Crippen LogP contribution in [0.1, 0.15) is 63.1 Å². The Labute approximate surface area is 178 Å². The highest BCUT2D eigenvalue weighted by molar-refractivity contribution is 7.91. The summed E-state index contributed by atoms with van der Waals surface area (Å²) in [5, 5.41) is 2.58. The number of hydrogen-bond donors (Lipinski definition) is 0. The highest BCUT2D eigenvalue weighted by atomic mass is 32.2. The average molecular weight is 435 g/mol. The van der Waals surface area contributed by atoms with Gasteiger partial charge in [-0.1, -0.05) is 57.4 Å². The van der Waals surface area contributed by atoms with E-state index in [-0.39, 0.29) is 17.7 Å². The van der Waals surface area contributed by atoms with E-state index in [1.54, 1.807) is 17.3 Å². The Balaban J connectivity index is 1.62. The predicted octanol–water partition coefficient (Wildman–Crippen LogP) is 4.64. The van der Waals surface area contributed by atoms with Crippen molar-refractivity contribution >= 4 is 27.1 Å². The van der Waals surface area contributed by atoms with Gasteiger partial charge in [0.25, 0.3) is 0 Å². The molecule has 0 spiro atoms. The molecule has 1 aliphatic rings. The molecule has 1 heterocycles. The molecule has 2 aromatic rings. The number of aromatic nitrogens is 1. The molecule has 1 amide bonds. The van der Waals surface area contributed by atoms with E-state index >= 15 is 0 Å². The zero-order valence-electron chi connectivity index (χ0n) is 17.4. The lowest BCUT2D eigenvalue weighted by Crippen LogP contribution is -2.41. The van der Waals surface area contributed by atoms with Crippen LogP contribution in [0.15, 0.2) is 29.6 Å². The molecule has 1 fully saturated rings. The summed E-state index contributed by atoms with van der Waals surface area (Å²) in [5.41, 5.74) is 2.75. The fourth-order valence-electron chi connectivity index (χ4n) is 3.75. The molecule has 0 N–H and O–H groups in total. The third-order valence-corrected chi connectivity index (χ3v) is 7.97. The number of carbonyl (C=O) groups excluding carboxylic acids is 1. The van der Waals surface area contributed by atoms with Gasteiger partial charge in [-0.25, -0.2) is 13.4 Å². The first-order chi connectivity index (χ1) is 13.7. The van der Waals surface area contributed by atoms with Crippen molar-refractivity contribution in [2.45, 2.75) is 63.7 Å². The van der Waals surface area contributed by atoms with Crippen LogP contribution in [0.25, 0.3) is 10.6 Å². The first kappa shape index (κ1) is 22.0. The Morgan fingerprint density at radius 3 is 2.45 bits per heavy atom. The summed E-state index contributed by atoms with van der Waals surface area (Å²) in [5.74, 6) is -0.490. The maximum absolute atomic E-state index is 12.6. The SMILES string of the molecule is CC(C)c1ccc(-c2nc(CS(=O)(=O)CC(=O)N(C)C3CCCCC3)cs2)cc1. The van der Waals surface area contributed by atoms with Gasteiger partial charge in [-0.05, 0) is 24.3 Å². The van der Waals surface area contributed by atoms with Crippen molar-refractivity contribution in [2.75, 3.05) is 12.8 Å². The van der Waals surface area contributed by atoms with Gasteiger partial charge in [0.1, 0.15) is 10.8 Å². The molecular weight excluding hydrogens is 404 g/mol. The monoisotopic (exact) mass is 434 g/mol. The van der Waals surface area contributed by atoms with E-state index < -0.39 is 15.6 Å². The number of carbonyl (C=O) groups is 1. The summed E-state index contributed by atoms with van der Waals surface area (Å²) in [6.45, 7) is 4.29. The molecule has 0 saturated heterocycles. The van der Waals surface area contributed by atoms with E-state index in [0.29, 0.717) is 11.6 Å². The van der Waals surface area contributed by atoms with Crippen molar-refractivity contribution in [1.29, 1.82) is 0 Å². The van der Waals surface area contributed by atoms with Crippen molar-refractivity contribution in [2.24, 2.45) is 0 Å². The minimum Gasteiger partial charge on any atom is -0.342 e. The minimum absolute atomic E-state index is 0.172. The van der Waals surface area contributed by atoms with Crippen molar-refractivity contribution in [3.8, 4) is 10.6 Å². The molecule has 0 bridgehead atoms. The van der Waals surface area contributed by atoms with Gasteiger partial charge in [0.15, 0.2) is 9.84 Å². The summed E-state index contributed by atoms with van der Waals surface area (Å²) in [7, 11) is -1.82. The normalized spacial score (nSPS) is 15.6. The molecule has 1 saturated carbocycles. The van der Waals surface area contributed by atoms with Crippen LogP contribution < -0.4 is 0 Å². The van der Waals surface area contributed by atoms with Crippen LogP contribution in [0, 0.1) is 0 Å². The Morgan fingerprint density at radius 1 is 1.17 bits per heavy atom. The Kier molecular flexibility index (Phi) is 7.11. The summed E-state index contributed by atoms with van der Waals surface area (Å²) in [6, 6.07) is 8.38. The zero-order chi connectivity index (χ0) is 21.0. The van der Waals surface area contributed by atoms with Gasteiger partial charge in [-0.3, -0.25) is 4.79 Å². The van der Waals surface area contributed by atoms with Crippen molar-refractivity contribution < 1.29 is 13.2 Å². The lowest BCUT2D eigenvalue weighted by atomic mass is 9.94. The van der Waals surface area contributed by atoms with Gasteiger partial charge in [-0.2, -0.15) is 0 Å². The van der Waals surface area contributed by atoms with Crippen LogP contribution in [0.4, 0.5) is 0 Å². The molecule has 3 rings (SSSR count). The van der Waals surface area contributed by atoms with Crippen LogP contribution >= 0.6 is 11.3 Å². The second kappa shape index (κ2) is 9.39. The smallest absolute Gasteiger partial charge is 0.237 e. The molecule has 1 aromatic carbocycles. The van der Waals surface area contributed by atoms with Gasteiger partial charge in [-0.15, -0.1) is 11.3 Å². The standard InChI is InChI=1S/C22H30N2O3S2/c1-16(2)17-9-11-18(12-10-17)22-23-19(13-28-22)14-29(26,27)15-21(25)24(3)20-7-5-4-6-8-20/h9-13,16,20H,4-8,14-15H2,1-3H3. The quantitative estimate of drug-likeness (QED) is 0.637. The van der Waals surface area contributed by atoms with Crippen molar-refractivity contribution in [1.82, 2.24) is 9.88 Å². The van der Waals surface area contributed by atoms with Gasteiger partial charge in [0, 0.05) is 24.0 Å². The Bertz CT molecular complexity index is 927. The highest BCUT2D eigenvalue weighted by Gasteiger charge is 2.26. The lowest BCUT2D eigenvalue weighted by Gasteiger charge is -2.31. The number of rotatable bonds is 7. The maximum atomic E-state index is 12.6. The average Bonchev–Trinajstić information content (AvgIpc) is 3.15. The fraction of sp³-hybridized carbons (Fsp3) is 0.545. The molecule has 29 heavy (non-hydrogen) atoms. The summed E-state index contributed by atoms with van der Waals surface area (Å²) in [4.78, 5) is 18.6. The lowest BCUT2D eigenvalue weighted by molar-refractivity contribution is -0.129. The third kappa shape index (κ3) is 5.89. The van der Waals surface area contributed by atoms with E-state index in [1.807, 2.05) is 12.1 Å². The highest BCUT2D eigenvalue weighted by Crippen LogP contribution is 2.27. The van der Waals surface area contributed by atoms with Gasteiger partial charge >= 0.3 is 0 Å². The molecule has 0 aliphatic heterocycles. The number of thiazole rings is 1. The first-order valence-corrected chi connectivity index (χ1v) is 13.0. The number of benzene rings is 1. The number of hydrogen-bond acceptors (Lipinski definition) is 5. The van der Waals surface area contributed by atoms with Crippen LogP contribution in [0.3, 0.4) is 0 Å². The van der Waals surface area contributed by atoms with E-state index in [2.05, 4.69) is 31.0 Å². The molecule has 0 radical (unpaired) electrons. The predicted molar refractivity (Wildman–Crippen MR) is 119 cm³/mol. The van der Waals surface area contributed by atoms with Crippen LogP contribution in [-0.2, 0) is 20.4 Å². The minimum atomic E-state index is -3.55. The second-order valence-corrected chi connectivity index (χ2v) is 11.2. The van der Waals surface area contributed by atoms with Gasteiger partial charge in [0.05, 0.1) is 11.4 Å². The molecule has 0 atom stereocenters. The molecule has 7 heteroatoms. The van der Waals surface area contributed by atoms with Crippen LogP contribution in [0.5, 0.6) is 0 Å². The Morgan fingerprint density at radius 2 is 1.83 bits per heavy atom. The van der Waals surface area contributed by atoms with E-state index in [9.17, 15) is 13.2 Å².